The number of fused-ring (bicyclic) bond motifs is 1. The number of carbonyl (C=O) groups excluding carboxylic acids is 1. The molecule has 2 aromatic carbocycles. The van der Waals surface area contributed by atoms with Gasteiger partial charge in [0, 0.05) is 29.7 Å². The highest BCUT2D eigenvalue weighted by Crippen LogP contribution is 2.31. The highest BCUT2D eigenvalue weighted by atomic mass is 79.9. The van der Waals surface area contributed by atoms with E-state index in [2.05, 4.69) is 21.2 Å². The van der Waals surface area contributed by atoms with Gasteiger partial charge in [-0.15, -0.1) is 0 Å². The molecular weight excluding hydrogens is 413 g/mol. The van der Waals surface area contributed by atoms with Gasteiger partial charge in [-0.2, -0.15) is 13.2 Å². The van der Waals surface area contributed by atoms with Crippen LogP contribution in [0.5, 0.6) is 5.75 Å². The highest BCUT2D eigenvalue weighted by molar-refractivity contribution is 9.10. The molecule has 0 saturated carbocycles. The molecule has 1 aromatic heterocycles. The minimum atomic E-state index is -4.42. The van der Waals surface area contributed by atoms with E-state index in [1.807, 2.05) is 24.3 Å². The molecule has 1 heterocycles. The topological polar surface area (TPSA) is 43.3 Å². The van der Waals surface area contributed by atoms with E-state index in [-0.39, 0.29) is 11.7 Å². The minimum absolute atomic E-state index is 0.0243. The van der Waals surface area contributed by atoms with E-state index in [0.717, 1.165) is 10.9 Å². The number of para-hydroxylation sites is 1. The third-order valence-electron chi connectivity index (χ3n) is 3.75. The number of halogens is 4. The Morgan fingerprint density at radius 2 is 1.92 bits per heavy atom. The predicted molar refractivity (Wildman–Crippen MR) is 96.6 cm³/mol. The molecule has 0 spiro atoms. The van der Waals surface area contributed by atoms with Crippen LogP contribution in [0, 0.1) is 0 Å². The summed E-state index contributed by atoms with van der Waals surface area (Å²) >= 11 is 3.45. The molecule has 3 rings (SSSR count). The first-order valence-corrected chi connectivity index (χ1v) is 8.39. The lowest BCUT2D eigenvalue weighted by molar-refractivity contribution is -0.153. The fourth-order valence-corrected chi connectivity index (χ4v) is 3.40. The monoisotopic (exact) mass is 426 g/mol. The smallest absolute Gasteiger partial charge is 0.422 e. The van der Waals surface area contributed by atoms with Gasteiger partial charge in [-0.05, 0) is 34.1 Å². The van der Waals surface area contributed by atoms with E-state index >= 15 is 0 Å². The van der Waals surface area contributed by atoms with Crippen molar-refractivity contribution in [3.63, 3.8) is 0 Å². The van der Waals surface area contributed by atoms with E-state index < -0.39 is 12.8 Å². The number of rotatable bonds is 4. The van der Waals surface area contributed by atoms with Gasteiger partial charge in [0.25, 0.3) is 5.91 Å². The third kappa shape index (κ3) is 3.85. The maximum absolute atomic E-state index is 12.7. The molecule has 0 aliphatic heterocycles. The van der Waals surface area contributed by atoms with Gasteiger partial charge in [0.05, 0.1) is 4.47 Å². The van der Waals surface area contributed by atoms with Gasteiger partial charge in [0.15, 0.2) is 6.61 Å². The lowest BCUT2D eigenvalue weighted by Gasteiger charge is -2.11. The Hall–Kier alpha value is -2.48. The molecule has 0 aliphatic rings. The summed E-state index contributed by atoms with van der Waals surface area (Å²) in [6.45, 7) is -1.39. The molecule has 0 bridgehead atoms. The van der Waals surface area contributed by atoms with Crippen LogP contribution in [0.1, 0.15) is 10.5 Å². The van der Waals surface area contributed by atoms with Crippen LogP contribution in [0.3, 0.4) is 0 Å². The fourth-order valence-electron chi connectivity index (χ4n) is 2.62. The first-order valence-electron chi connectivity index (χ1n) is 7.60. The van der Waals surface area contributed by atoms with Crippen molar-refractivity contribution in [2.75, 3.05) is 11.9 Å². The number of benzene rings is 2. The van der Waals surface area contributed by atoms with E-state index in [1.54, 1.807) is 17.7 Å². The number of aromatic nitrogens is 1. The largest absolute Gasteiger partial charge is 0.484 e. The van der Waals surface area contributed by atoms with Crippen molar-refractivity contribution in [1.29, 1.82) is 0 Å². The molecule has 4 nitrogen and oxygen atoms in total. The number of aryl methyl sites for hydroxylation is 1. The Balaban J connectivity index is 1.83. The number of nitrogens with zero attached hydrogens (tertiary/aromatic N) is 1. The summed E-state index contributed by atoms with van der Waals surface area (Å²) in [7, 11) is 1.77. The summed E-state index contributed by atoms with van der Waals surface area (Å²) < 4.78 is 43.9. The molecule has 0 saturated heterocycles. The molecule has 0 unspecified atom stereocenters. The standard InChI is InChI=1S/C18H14BrF3N2O2/c1-24-14-8-3-2-7-13(14)15(19)16(24)17(25)23-11-5-4-6-12(9-11)26-10-18(20,21)22/h2-9H,10H2,1H3,(H,23,25). The number of anilines is 1. The number of hydrogen-bond donors (Lipinski definition) is 1. The molecule has 0 fully saturated rings. The number of carbonyl (C=O) groups is 1. The van der Waals surface area contributed by atoms with Gasteiger partial charge in [0.2, 0.25) is 0 Å². The summed E-state index contributed by atoms with van der Waals surface area (Å²) in [5, 5.41) is 3.58. The van der Waals surface area contributed by atoms with Gasteiger partial charge in [-0.3, -0.25) is 4.79 Å². The third-order valence-corrected chi connectivity index (χ3v) is 4.56. The minimum Gasteiger partial charge on any atom is -0.484 e. The Bertz CT molecular complexity index is 928. The van der Waals surface area contributed by atoms with Crippen LogP contribution in [0.4, 0.5) is 18.9 Å². The van der Waals surface area contributed by atoms with Crippen molar-refractivity contribution in [2.45, 2.75) is 6.18 Å². The zero-order valence-corrected chi connectivity index (χ0v) is 15.2. The molecule has 3 aromatic rings. The molecular formula is C18H14BrF3N2O2. The number of alkyl halides is 3. The molecule has 26 heavy (non-hydrogen) atoms. The second-order valence-corrected chi connectivity index (χ2v) is 6.42. The maximum Gasteiger partial charge on any atom is 0.422 e. The van der Waals surface area contributed by atoms with Gasteiger partial charge in [-0.1, -0.05) is 24.3 Å². The van der Waals surface area contributed by atoms with Crippen LogP contribution < -0.4 is 10.1 Å². The highest BCUT2D eigenvalue weighted by Gasteiger charge is 2.28. The number of amides is 1. The Labute approximate surface area is 155 Å². The predicted octanol–water partition coefficient (Wildman–Crippen LogP) is 5.13. The SMILES string of the molecule is Cn1c(C(=O)Nc2cccc(OCC(F)(F)F)c2)c(Br)c2ccccc21. The van der Waals surface area contributed by atoms with Crippen LogP contribution in [0.15, 0.2) is 53.0 Å². The molecule has 8 heteroatoms. The molecule has 0 radical (unpaired) electrons. The van der Waals surface area contributed by atoms with Crippen molar-refractivity contribution < 1.29 is 22.7 Å². The molecule has 1 amide bonds. The first-order chi connectivity index (χ1) is 12.3. The summed E-state index contributed by atoms with van der Waals surface area (Å²) in [4.78, 5) is 12.7. The van der Waals surface area contributed by atoms with Gasteiger partial charge < -0.3 is 14.6 Å². The van der Waals surface area contributed by atoms with E-state index in [4.69, 9.17) is 4.74 Å². The quantitative estimate of drug-likeness (QED) is 0.627. The maximum atomic E-state index is 12.7. The zero-order chi connectivity index (χ0) is 18.9. The molecule has 136 valence electrons. The van der Waals surface area contributed by atoms with Gasteiger partial charge >= 0.3 is 6.18 Å². The number of hydrogen-bond acceptors (Lipinski definition) is 2. The Morgan fingerprint density at radius 3 is 2.62 bits per heavy atom. The lowest BCUT2D eigenvalue weighted by atomic mass is 10.2. The Kier molecular flexibility index (Phi) is 4.95. The van der Waals surface area contributed by atoms with E-state index in [9.17, 15) is 18.0 Å². The fraction of sp³-hybridized carbons (Fsp3) is 0.167. The van der Waals surface area contributed by atoms with Crippen molar-refractivity contribution in [2.24, 2.45) is 7.05 Å². The summed E-state index contributed by atoms with van der Waals surface area (Å²) in [5.41, 5.74) is 1.63. The zero-order valence-electron chi connectivity index (χ0n) is 13.6. The average Bonchev–Trinajstić information content (AvgIpc) is 2.84. The molecule has 1 N–H and O–H groups in total. The van der Waals surface area contributed by atoms with Crippen LogP contribution >= 0.6 is 15.9 Å². The second-order valence-electron chi connectivity index (χ2n) is 5.62. The normalized spacial score (nSPS) is 11.6. The lowest BCUT2D eigenvalue weighted by Crippen LogP contribution is -2.19. The van der Waals surface area contributed by atoms with Crippen molar-refractivity contribution in [3.8, 4) is 5.75 Å². The van der Waals surface area contributed by atoms with Crippen LogP contribution in [0.2, 0.25) is 0 Å². The Morgan fingerprint density at radius 1 is 1.19 bits per heavy atom. The van der Waals surface area contributed by atoms with E-state index in [0.29, 0.717) is 15.9 Å². The number of nitrogens with one attached hydrogen (secondary N) is 1. The van der Waals surface area contributed by atoms with Crippen molar-refractivity contribution >= 4 is 38.4 Å². The first kappa shape index (κ1) is 18.3. The van der Waals surface area contributed by atoms with Crippen LogP contribution in [0.25, 0.3) is 10.9 Å². The van der Waals surface area contributed by atoms with Crippen LogP contribution in [-0.4, -0.2) is 23.3 Å². The van der Waals surface area contributed by atoms with Crippen molar-refractivity contribution in [1.82, 2.24) is 4.57 Å². The summed E-state index contributed by atoms with van der Waals surface area (Å²) in [6.07, 6.45) is -4.42. The van der Waals surface area contributed by atoms with Gasteiger partial charge in [0.1, 0.15) is 11.4 Å². The second kappa shape index (κ2) is 7.03. The summed E-state index contributed by atoms with van der Waals surface area (Å²) in [5.74, 6) is -0.361. The summed E-state index contributed by atoms with van der Waals surface area (Å²) in [6, 6.07) is 13.4. The molecule has 0 aliphatic carbocycles. The van der Waals surface area contributed by atoms with Crippen LogP contribution in [-0.2, 0) is 7.05 Å². The van der Waals surface area contributed by atoms with Crippen molar-refractivity contribution in [3.05, 3.63) is 58.7 Å². The number of ether oxygens (including phenoxy) is 1. The van der Waals surface area contributed by atoms with E-state index in [1.165, 1.54) is 18.2 Å². The van der Waals surface area contributed by atoms with Gasteiger partial charge in [-0.25, -0.2) is 0 Å². The molecule has 0 atom stereocenters. The average molecular weight is 427 g/mol.